The number of amidine groups is 1. The van der Waals surface area contributed by atoms with Gasteiger partial charge in [-0.05, 0) is 61.4 Å². The van der Waals surface area contributed by atoms with Gasteiger partial charge in [-0.25, -0.2) is 13.6 Å². The maximum absolute atomic E-state index is 14.9. The molecule has 1 fully saturated rings. The van der Waals surface area contributed by atoms with Gasteiger partial charge in [0, 0.05) is 34.9 Å². The van der Waals surface area contributed by atoms with Gasteiger partial charge in [-0.2, -0.15) is 0 Å². The van der Waals surface area contributed by atoms with Crippen molar-refractivity contribution >= 4 is 40.7 Å². The van der Waals surface area contributed by atoms with E-state index in [9.17, 15) is 18.4 Å². The number of benzene rings is 3. The summed E-state index contributed by atoms with van der Waals surface area (Å²) < 4.78 is 29.4. The number of rotatable bonds is 6. The number of carbonyl (C=O) groups excluding carboxylic acids is 2. The summed E-state index contributed by atoms with van der Waals surface area (Å²) in [5.74, 6) is -2.08. The Labute approximate surface area is 212 Å². The first-order chi connectivity index (χ1) is 17.3. The molecule has 3 amide bonds. The van der Waals surface area contributed by atoms with Crippen molar-refractivity contribution in [2.75, 3.05) is 23.7 Å². The third-order valence-electron chi connectivity index (χ3n) is 5.78. The minimum Gasteiger partial charge on any atom is -0.357 e. The lowest BCUT2D eigenvalue weighted by Gasteiger charge is -2.21. The van der Waals surface area contributed by atoms with Gasteiger partial charge in [-0.1, -0.05) is 29.8 Å². The number of anilines is 2. The fourth-order valence-electron chi connectivity index (χ4n) is 3.92. The Balaban J connectivity index is 1.52. The lowest BCUT2D eigenvalue weighted by Crippen LogP contribution is -2.40. The van der Waals surface area contributed by atoms with Gasteiger partial charge in [-0.3, -0.25) is 10.2 Å². The van der Waals surface area contributed by atoms with Crippen molar-refractivity contribution in [2.45, 2.75) is 18.9 Å². The molecule has 0 bridgehead atoms. The molecular weight excluding hydrogens is 488 g/mol. The second kappa shape index (κ2) is 11.2. The fourth-order valence-corrected chi connectivity index (χ4v) is 4.04. The van der Waals surface area contributed by atoms with Gasteiger partial charge in [0.1, 0.15) is 23.5 Å². The molecule has 1 atom stereocenters. The zero-order valence-electron chi connectivity index (χ0n) is 19.2. The maximum atomic E-state index is 14.9. The third-order valence-corrected chi connectivity index (χ3v) is 6.03. The number of hydrogen-bond acceptors (Lipinski definition) is 3. The number of nitrogens with one attached hydrogen (secondary N) is 4. The minimum absolute atomic E-state index is 0.0888. The van der Waals surface area contributed by atoms with Crippen LogP contribution in [-0.4, -0.2) is 35.8 Å². The zero-order chi connectivity index (χ0) is 25.7. The summed E-state index contributed by atoms with van der Waals surface area (Å²) in [4.78, 5) is 27.6. The molecule has 0 saturated carbocycles. The van der Waals surface area contributed by atoms with Gasteiger partial charge in [0.05, 0.1) is 5.69 Å². The standard InChI is InChI=1S/C26H24ClF2N5O2/c27-17-8-10-18(11-9-17)31-26(36)33-23(19-5-1-2-6-20(19)28)25(35)32-22-12-7-16(15-21(22)29)24(30)34-13-3-4-14-34/h1-2,5-12,15,23,30H,3-4,13-14H2,(H,32,35)(H2,31,33,36). The van der Waals surface area contributed by atoms with Gasteiger partial charge < -0.3 is 20.9 Å². The second-order valence-corrected chi connectivity index (χ2v) is 8.72. The van der Waals surface area contributed by atoms with Crippen LogP contribution in [-0.2, 0) is 4.79 Å². The van der Waals surface area contributed by atoms with Crippen LogP contribution in [0.3, 0.4) is 0 Å². The van der Waals surface area contributed by atoms with E-state index in [1.54, 1.807) is 24.3 Å². The van der Waals surface area contributed by atoms with Crippen LogP contribution in [0.25, 0.3) is 0 Å². The van der Waals surface area contributed by atoms with Gasteiger partial charge in [0.25, 0.3) is 5.91 Å². The summed E-state index contributed by atoms with van der Waals surface area (Å²) in [6.07, 6.45) is 1.96. The zero-order valence-corrected chi connectivity index (χ0v) is 19.9. The van der Waals surface area contributed by atoms with Crippen molar-refractivity contribution in [3.63, 3.8) is 0 Å². The molecule has 1 saturated heterocycles. The van der Waals surface area contributed by atoms with Crippen LogP contribution in [0.2, 0.25) is 5.02 Å². The number of likely N-dealkylation sites (tertiary alicyclic amines) is 1. The first-order valence-corrected chi connectivity index (χ1v) is 11.7. The highest BCUT2D eigenvalue weighted by molar-refractivity contribution is 6.30. The monoisotopic (exact) mass is 511 g/mol. The molecule has 3 aromatic rings. The normalized spacial score (nSPS) is 13.7. The number of halogens is 3. The summed E-state index contributed by atoms with van der Waals surface area (Å²) in [6.45, 7) is 1.49. The Kier molecular flexibility index (Phi) is 7.80. The van der Waals surface area contributed by atoms with Crippen molar-refractivity contribution in [3.05, 3.63) is 94.5 Å². The van der Waals surface area contributed by atoms with Crippen LogP contribution < -0.4 is 16.0 Å². The number of carbonyl (C=O) groups is 2. The molecule has 1 aliphatic rings. The van der Waals surface area contributed by atoms with E-state index in [1.165, 1.54) is 36.4 Å². The molecule has 3 aromatic carbocycles. The third kappa shape index (κ3) is 5.98. The Morgan fingerprint density at radius 3 is 2.28 bits per heavy atom. The highest BCUT2D eigenvalue weighted by Crippen LogP contribution is 2.23. The molecule has 4 rings (SSSR count). The number of amides is 3. The number of urea groups is 1. The molecule has 186 valence electrons. The van der Waals surface area contributed by atoms with Gasteiger partial charge in [0.15, 0.2) is 0 Å². The van der Waals surface area contributed by atoms with Crippen molar-refractivity contribution < 1.29 is 18.4 Å². The average Bonchev–Trinajstić information content (AvgIpc) is 3.40. The lowest BCUT2D eigenvalue weighted by molar-refractivity contribution is -0.118. The number of nitrogens with zero attached hydrogens (tertiary/aromatic N) is 1. The molecule has 0 aliphatic carbocycles. The largest absolute Gasteiger partial charge is 0.357 e. The smallest absolute Gasteiger partial charge is 0.320 e. The van der Waals surface area contributed by atoms with Crippen LogP contribution in [0.4, 0.5) is 25.0 Å². The summed E-state index contributed by atoms with van der Waals surface area (Å²) in [6, 6.07) is 13.6. The van der Waals surface area contributed by atoms with Crippen LogP contribution in [0.15, 0.2) is 66.7 Å². The summed E-state index contributed by atoms with van der Waals surface area (Å²) in [7, 11) is 0. The van der Waals surface area contributed by atoms with Crippen LogP contribution >= 0.6 is 11.6 Å². The summed E-state index contributed by atoms with van der Waals surface area (Å²) >= 11 is 5.85. The Morgan fingerprint density at radius 2 is 1.61 bits per heavy atom. The highest BCUT2D eigenvalue weighted by atomic mass is 35.5. The fraction of sp³-hybridized carbons (Fsp3) is 0.192. The maximum Gasteiger partial charge on any atom is 0.320 e. The van der Waals surface area contributed by atoms with E-state index in [1.807, 2.05) is 4.90 Å². The molecule has 36 heavy (non-hydrogen) atoms. The van der Waals surface area contributed by atoms with Crippen LogP contribution in [0.5, 0.6) is 0 Å². The first-order valence-electron chi connectivity index (χ1n) is 11.3. The summed E-state index contributed by atoms with van der Waals surface area (Å²) in [5.41, 5.74) is 0.554. The number of hydrogen-bond donors (Lipinski definition) is 4. The molecule has 4 N–H and O–H groups in total. The highest BCUT2D eigenvalue weighted by Gasteiger charge is 2.27. The van der Waals surface area contributed by atoms with Crippen molar-refractivity contribution in [1.82, 2.24) is 10.2 Å². The Hall–Kier alpha value is -3.98. The SMILES string of the molecule is N=C(c1ccc(NC(=O)C(NC(=O)Nc2ccc(Cl)cc2)c2ccccc2F)c(F)c1)N1CCCC1. The molecule has 1 unspecified atom stereocenters. The van der Waals surface area contributed by atoms with E-state index in [0.717, 1.165) is 32.0 Å². The van der Waals surface area contributed by atoms with Crippen LogP contribution in [0, 0.1) is 17.0 Å². The van der Waals surface area contributed by atoms with Gasteiger partial charge >= 0.3 is 6.03 Å². The quantitative estimate of drug-likeness (QED) is 0.258. The Bertz CT molecular complexity index is 1280. The van der Waals surface area contributed by atoms with E-state index >= 15 is 0 Å². The average molecular weight is 512 g/mol. The first kappa shape index (κ1) is 25.1. The molecule has 10 heteroatoms. The van der Waals surface area contributed by atoms with E-state index in [-0.39, 0.29) is 17.1 Å². The molecule has 0 spiro atoms. The lowest BCUT2D eigenvalue weighted by atomic mass is 10.0. The Morgan fingerprint density at radius 1 is 0.917 bits per heavy atom. The molecule has 1 heterocycles. The predicted octanol–water partition coefficient (Wildman–Crippen LogP) is 5.54. The predicted molar refractivity (Wildman–Crippen MR) is 135 cm³/mol. The topological polar surface area (TPSA) is 97.3 Å². The molecule has 0 radical (unpaired) electrons. The molecule has 1 aliphatic heterocycles. The summed E-state index contributed by atoms with van der Waals surface area (Å²) in [5, 5.41) is 16.2. The molecule has 7 nitrogen and oxygen atoms in total. The van der Waals surface area contributed by atoms with E-state index in [4.69, 9.17) is 17.0 Å². The van der Waals surface area contributed by atoms with Crippen LogP contribution in [0.1, 0.15) is 30.0 Å². The van der Waals surface area contributed by atoms with Crippen molar-refractivity contribution in [2.24, 2.45) is 0 Å². The van der Waals surface area contributed by atoms with Gasteiger partial charge in [0.2, 0.25) is 0 Å². The molecular formula is C26H24ClF2N5O2. The van der Waals surface area contributed by atoms with E-state index < -0.39 is 29.6 Å². The van der Waals surface area contributed by atoms with E-state index in [2.05, 4.69) is 16.0 Å². The van der Waals surface area contributed by atoms with E-state index in [0.29, 0.717) is 16.3 Å². The van der Waals surface area contributed by atoms with Crippen molar-refractivity contribution in [1.29, 1.82) is 5.41 Å². The second-order valence-electron chi connectivity index (χ2n) is 8.29. The van der Waals surface area contributed by atoms with Crippen molar-refractivity contribution in [3.8, 4) is 0 Å². The molecule has 0 aromatic heterocycles. The van der Waals surface area contributed by atoms with Gasteiger partial charge in [-0.15, -0.1) is 0 Å². The minimum atomic E-state index is -1.46.